The normalized spacial score (nSPS) is 18.4. The lowest BCUT2D eigenvalue weighted by Gasteiger charge is -2.30. The van der Waals surface area contributed by atoms with Gasteiger partial charge in [-0.15, -0.1) is 0 Å². The highest BCUT2D eigenvalue weighted by molar-refractivity contribution is 7.80. The van der Waals surface area contributed by atoms with Crippen LogP contribution in [-0.4, -0.2) is 18.2 Å². The summed E-state index contributed by atoms with van der Waals surface area (Å²) in [4.78, 5) is 12.0. The highest BCUT2D eigenvalue weighted by Gasteiger charge is 2.31. The third-order valence-electron chi connectivity index (χ3n) is 3.09. The monoisotopic (exact) mass is 294 g/mol. The van der Waals surface area contributed by atoms with Crippen molar-refractivity contribution in [2.75, 3.05) is 7.11 Å². The molecule has 1 aliphatic heterocycles. The molecular formula is C14H15FN2O2S. The third kappa shape index (κ3) is 2.80. The molecule has 0 amide bonds. The number of methoxy groups -OCH3 is 1. The van der Waals surface area contributed by atoms with Gasteiger partial charge >= 0.3 is 5.97 Å². The van der Waals surface area contributed by atoms with Crippen LogP contribution in [0.5, 0.6) is 0 Å². The summed E-state index contributed by atoms with van der Waals surface area (Å²) < 4.78 is 18.2. The van der Waals surface area contributed by atoms with Gasteiger partial charge in [-0.25, -0.2) is 9.18 Å². The van der Waals surface area contributed by atoms with Crippen molar-refractivity contribution in [1.82, 2.24) is 10.6 Å². The summed E-state index contributed by atoms with van der Waals surface area (Å²) in [5.74, 6) is -0.824. The Morgan fingerprint density at radius 3 is 2.85 bits per heavy atom. The molecule has 106 valence electrons. The van der Waals surface area contributed by atoms with Crippen molar-refractivity contribution in [3.05, 3.63) is 46.9 Å². The number of carbonyl (C=O) groups excluding carboxylic acids is 1. The van der Waals surface area contributed by atoms with Gasteiger partial charge in [0.1, 0.15) is 5.82 Å². The molecule has 0 spiro atoms. The molecule has 1 aliphatic rings. The van der Waals surface area contributed by atoms with Crippen molar-refractivity contribution < 1.29 is 13.9 Å². The van der Waals surface area contributed by atoms with Crippen LogP contribution in [0, 0.1) is 5.82 Å². The van der Waals surface area contributed by atoms with Crippen molar-refractivity contribution in [1.29, 1.82) is 0 Å². The van der Waals surface area contributed by atoms with Crippen LogP contribution in [0.4, 0.5) is 4.39 Å². The predicted octanol–water partition coefficient (Wildman–Crippen LogP) is 2.18. The van der Waals surface area contributed by atoms with Crippen LogP contribution in [0.25, 0.3) is 0 Å². The van der Waals surface area contributed by atoms with E-state index in [2.05, 4.69) is 10.6 Å². The summed E-state index contributed by atoms with van der Waals surface area (Å²) in [5, 5.41) is 6.34. The number of benzene rings is 1. The van der Waals surface area contributed by atoms with E-state index in [-0.39, 0.29) is 5.82 Å². The number of halogens is 1. The molecular weight excluding hydrogens is 279 g/mol. The van der Waals surface area contributed by atoms with Crippen LogP contribution in [-0.2, 0) is 9.53 Å². The Hall–Kier alpha value is -1.95. The van der Waals surface area contributed by atoms with E-state index >= 15 is 0 Å². The van der Waals surface area contributed by atoms with Gasteiger partial charge in [-0.2, -0.15) is 0 Å². The first-order valence-corrected chi connectivity index (χ1v) is 6.62. The van der Waals surface area contributed by atoms with E-state index in [0.717, 1.165) is 0 Å². The Bertz CT molecular complexity index is 586. The quantitative estimate of drug-likeness (QED) is 0.661. The third-order valence-corrected chi connectivity index (χ3v) is 3.31. The van der Waals surface area contributed by atoms with Gasteiger partial charge in [0.2, 0.25) is 0 Å². The maximum atomic E-state index is 13.4. The molecule has 0 bridgehead atoms. The molecule has 0 radical (unpaired) electrons. The van der Waals surface area contributed by atoms with Crippen LogP contribution in [0.3, 0.4) is 0 Å². The summed E-state index contributed by atoms with van der Waals surface area (Å²) >= 11 is 5.13. The number of carbonyl (C=O) groups is 1. The van der Waals surface area contributed by atoms with E-state index in [1.54, 1.807) is 12.1 Å². The number of nitrogens with one attached hydrogen (secondary N) is 2. The fraction of sp³-hybridized carbons (Fsp3) is 0.286. The molecule has 2 rings (SSSR count). The van der Waals surface area contributed by atoms with Gasteiger partial charge in [0.15, 0.2) is 5.11 Å². The van der Waals surface area contributed by atoms with Crippen molar-refractivity contribution in [2.45, 2.75) is 19.4 Å². The smallest absolute Gasteiger partial charge is 0.337 e. The van der Waals surface area contributed by atoms with Crippen molar-refractivity contribution in [3.63, 3.8) is 0 Å². The van der Waals surface area contributed by atoms with Gasteiger partial charge in [-0.3, -0.25) is 0 Å². The number of esters is 1. The number of allylic oxidation sites excluding steroid dienone is 1. The van der Waals surface area contributed by atoms with Gasteiger partial charge < -0.3 is 15.4 Å². The van der Waals surface area contributed by atoms with Crippen molar-refractivity contribution in [2.24, 2.45) is 0 Å². The Kier molecular flexibility index (Phi) is 4.34. The molecule has 1 heterocycles. The maximum Gasteiger partial charge on any atom is 0.337 e. The highest BCUT2D eigenvalue weighted by atomic mass is 32.1. The summed E-state index contributed by atoms with van der Waals surface area (Å²) in [7, 11) is 1.32. The Labute approximate surface area is 122 Å². The standard InChI is InChI=1S/C14H15FN2O2S/c1-3-10-11(13(18)19-2)12(17-14(20)16-10)8-5-4-6-9(15)7-8/h4-7,12H,3H2,1-2H3,(H2,16,17,20)/t12-/m0/s1. The molecule has 1 aromatic rings. The second-order valence-corrected chi connectivity index (χ2v) is 4.73. The highest BCUT2D eigenvalue weighted by Crippen LogP contribution is 2.28. The van der Waals surface area contributed by atoms with Crippen LogP contribution in [0.2, 0.25) is 0 Å². The summed E-state index contributed by atoms with van der Waals surface area (Å²) in [6, 6.07) is 5.55. The van der Waals surface area contributed by atoms with Gasteiger partial charge in [0.25, 0.3) is 0 Å². The molecule has 1 atom stereocenters. The molecule has 1 aromatic carbocycles. The predicted molar refractivity (Wildman–Crippen MR) is 77.3 cm³/mol. The van der Waals surface area contributed by atoms with E-state index in [1.807, 2.05) is 6.92 Å². The first-order chi connectivity index (χ1) is 9.56. The first-order valence-electron chi connectivity index (χ1n) is 6.21. The number of thiocarbonyl (C=S) groups is 1. The number of rotatable bonds is 3. The molecule has 0 aromatic heterocycles. The molecule has 0 saturated carbocycles. The Morgan fingerprint density at radius 1 is 1.50 bits per heavy atom. The molecule has 0 unspecified atom stereocenters. The lowest BCUT2D eigenvalue weighted by Crippen LogP contribution is -2.45. The van der Waals surface area contributed by atoms with Crippen LogP contribution in [0.15, 0.2) is 35.5 Å². The maximum absolute atomic E-state index is 13.4. The van der Waals surface area contributed by atoms with Gasteiger partial charge in [0.05, 0.1) is 18.7 Å². The summed E-state index contributed by atoms with van der Waals surface area (Å²) in [5.41, 5.74) is 1.74. The second-order valence-electron chi connectivity index (χ2n) is 4.32. The molecule has 0 fully saturated rings. The van der Waals surface area contributed by atoms with Crippen LogP contribution >= 0.6 is 12.2 Å². The van der Waals surface area contributed by atoms with Gasteiger partial charge in [-0.05, 0) is 36.3 Å². The molecule has 0 aliphatic carbocycles. The fourth-order valence-electron chi connectivity index (χ4n) is 2.18. The number of hydrogen-bond acceptors (Lipinski definition) is 3. The van der Waals surface area contributed by atoms with E-state index in [9.17, 15) is 9.18 Å². The SMILES string of the molecule is CCC1=C(C(=O)OC)[C@H](c2cccc(F)c2)NC(=S)N1. The van der Waals surface area contributed by atoms with Crippen molar-refractivity contribution in [3.8, 4) is 0 Å². The molecule has 0 saturated heterocycles. The fourth-order valence-corrected chi connectivity index (χ4v) is 2.43. The zero-order chi connectivity index (χ0) is 14.7. The molecule has 20 heavy (non-hydrogen) atoms. The van der Waals surface area contributed by atoms with E-state index < -0.39 is 12.0 Å². The molecule has 6 heteroatoms. The van der Waals surface area contributed by atoms with Gasteiger partial charge in [-0.1, -0.05) is 19.1 Å². The number of hydrogen-bond donors (Lipinski definition) is 2. The number of ether oxygens (including phenoxy) is 1. The van der Waals surface area contributed by atoms with E-state index in [0.29, 0.717) is 28.4 Å². The minimum atomic E-state index is -0.512. The minimum absolute atomic E-state index is 0.365. The lowest BCUT2D eigenvalue weighted by atomic mass is 9.94. The Balaban J connectivity index is 2.53. The zero-order valence-corrected chi connectivity index (χ0v) is 12.0. The molecule has 4 nitrogen and oxygen atoms in total. The lowest BCUT2D eigenvalue weighted by molar-refractivity contribution is -0.136. The Morgan fingerprint density at radius 2 is 2.25 bits per heavy atom. The summed E-state index contributed by atoms with van der Waals surface area (Å²) in [6.07, 6.45) is 0.595. The van der Waals surface area contributed by atoms with E-state index in [4.69, 9.17) is 17.0 Å². The van der Waals surface area contributed by atoms with E-state index in [1.165, 1.54) is 19.2 Å². The van der Waals surface area contributed by atoms with Crippen LogP contribution < -0.4 is 10.6 Å². The largest absolute Gasteiger partial charge is 0.466 e. The van der Waals surface area contributed by atoms with Crippen molar-refractivity contribution >= 4 is 23.3 Å². The zero-order valence-electron chi connectivity index (χ0n) is 11.2. The first kappa shape index (κ1) is 14.5. The van der Waals surface area contributed by atoms with Crippen LogP contribution in [0.1, 0.15) is 24.9 Å². The average Bonchev–Trinajstić information content (AvgIpc) is 2.45. The summed E-state index contributed by atoms with van der Waals surface area (Å²) in [6.45, 7) is 1.90. The average molecular weight is 294 g/mol. The molecule has 2 N–H and O–H groups in total. The second kappa shape index (κ2) is 6.00. The topological polar surface area (TPSA) is 50.4 Å². The van der Waals surface area contributed by atoms with Gasteiger partial charge in [0, 0.05) is 5.70 Å². The minimum Gasteiger partial charge on any atom is -0.466 e.